The van der Waals surface area contributed by atoms with Crippen LogP contribution in [-0.4, -0.2) is 31.0 Å². The highest BCUT2D eigenvalue weighted by Crippen LogP contribution is 2.39. The Morgan fingerprint density at radius 3 is 2.35 bits per heavy atom. The van der Waals surface area contributed by atoms with Gasteiger partial charge in [0, 0.05) is 12.7 Å². The molecule has 2 aromatic rings. The van der Waals surface area contributed by atoms with Gasteiger partial charge >= 0.3 is 18.3 Å². The van der Waals surface area contributed by atoms with E-state index >= 15 is 0 Å². The lowest BCUT2D eigenvalue weighted by Crippen LogP contribution is -2.47. The van der Waals surface area contributed by atoms with Crippen LogP contribution >= 0.6 is 0 Å². The fourth-order valence-electron chi connectivity index (χ4n) is 3.63. The maximum atomic E-state index is 13.7. The highest BCUT2D eigenvalue weighted by molar-refractivity contribution is 5.96. The van der Waals surface area contributed by atoms with Gasteiger partial charge in [0.1, 0.15) is 0 Å². The van der Waals surface area contributed by atoms with Crippen LogP contribution in [0.5, 0.6) is 0 Å². The summed E-state index contributed by atoms with van der Waals surface area (Å²) in [6, 6.07) is 8.13. The summed E-state index contributed by atoms with van der Waals surface area (Å²) in [7, 11) is 2.65. The molecule has 3 rings (SSSR count). The number of ether oxygens (including phenoxy) is 1. The number of methoxy groups -OCH3 is 1. The SMILES string of the molecule is COC(=O)C1=C(C)N(C)C(=NCc2cccc(C(F)(F)F)c2)NC1c1ccccc1C(F)(F)F. The topological polar surface area (TPSA) is 53.9 Å². The van der Waals surface area contributed by atoms with Gasteiger partial charge in [0.25, 0.3) is 0 Å². The summed E-state index contributed by atoms with van der Waals surface area (Å²) in [5.41, 5.74) is -1.49. The number of alkyl halides is 6. The number of benzene rings is 2. The molecule has 1 heterocycles. The molecule has 1 N–H and O–H groups in total. The minimum Gasteiger partial charge on any atom is -0.466 e. The fourth-order valence-corrected chi connectivity index (χ4v) is 3.63. The molecule has 0 saturated carbocycles. The predicted octanol–water partition coefficient (Wildman–Crippen LogP) is 5.30. The van der Waals surface area contributed by atoms with Gasteiger partial charge in [-0.1, -0.05) is 30.3 Å². The molecule has 1 aliphatic heterocycles. The first kappa shape index (κ1) is 25.1. The molecule has 0 fully saturated rings. The summed E-state index contributed by atoms with van der Waals surface area (Å²) < 4.78 is 84.9. The van der Waals surface area contributed by atoms with E-state index in [0.29, 0.717) is 0 Å². The number of carbonyl (C=O) groups excluding carboxylic acids is 1. The first-order valence-electron chi connectivity index (χ1n) is 10.0. The number of nitrogens with one attached hydrogen (secondary N) is 1. The minimum atomic E-state index is -4.69. The zero-order valence-corrected chi connectivity index (χ0v) is 18.4. The Kier molecular flexibility index (Phi) is 6.94. The van der Waals surface area contributed by atoms with Crippen molar-refractivity contribution in [1.29, 1.82) is 0 Å². The van der Waals surface area contributed by atoms with Crippen LogP contribution in [0.2, 0.25) is 0 Å². The van der Waals surface area contributed by atoms with Crippen molar-refractivity contribution < 1.29 is 35.9 Å². The van der Waals surface area contributed by atoms with Crippen LogP contribution in [0.4, 0.5) is 26.3 Å². The maximum absolute atomic E-state index is 13.7. The molecule has 1 aliphatic rings. The molecule has 0 aromatic heterocycles. The molecule has 0 spiro atoms. The van der Waals surface area contributed by atoms with Crippen LogP contribution in [0.15, 0.2) is 64.8 Å². The Balaban J connectivity index is 2.06. The van der Waals surface area contributed by atoms with Crippen LogP contribution < -0.4 is 5.32 Å². The van der Waals surface area contributed by atoms with E-state index < -0.39 is 35.5 Å². The molecule has 2 aromatic carbocycles. The van der Waals surface area contributed by atoms with E-state index in [4.69, 9.17) is 4.74 Å². The van der Waals surface area contributed by atoms with Gasteiger partial charge in [0.05, 0.1) is 36.4 Å². The Morgan fingerprint density at radius 1 is 1.06 bits per heavy atom. The van der Waals surface area contributed by atoms with Crippen molar-refractivity contribution in [1.82, 2.24) is 10.2 Å². The number of hydrogen-bond acceptors (Lipinski definition) is 3. The normalized spacial score (nSPS) is 18.2. The van der Waals surface area contributed by atoms with E-state index in [1.54, 1.807) is 0 Å². The van der Waals surface area contributed by atoms with E-state index in [1.165, 1.54) is 49.2 Å². The monoisotopic (exact) mass is 485 g/mol. The van der Waals surface area contributed by atoms with Gasteiger partial charge in [-0.3, -0.25) is 0 Å². The summed E-state index contributed by atoms with van der Waals surface area (Å²) in [6.07, 6.45) is -9.21. The Bertz CT molecular complexity index is 1140. The van der Waals surface area contributed by atoms with Crippen molar-refractivity contribution in [3.63, 3.8) is 0 Å². The molecule has 1 unspecified atom stereocenters. The third kappa shape index (κ3) is 5.18. The third-order valence-corrected chi connectivity index (χ3v) is 5.42. The lowest BCUT2D eigenvalue weighted by atomic mass is 9.91. The van der Waals surface area contributed by atoms with Crippen molar-refractivity contribution in [2.45, 2.75) is 31.9 Å². The lowest BCUT2D eigenvalue weighted by Gasteiger charge is -2.36. The van der Waals surface area contributed by atoms with Gasteiger partial charge in [0.15, 0.2) is 5.96 Å². The predicted molar refractivity (Wildman–Crippen MR) is 112 cm³/mol. The smallest absolute Gasteiger partial charge is 0.416 e. The standard InChI is InChI=1S/C23H21F6N3O2/c1-13-18(20(33)34-3)19(16-9-4-5-10-17(16)23(27,28)29)31-21(32(13)2)30-12-14-7-6-8-15(11-14)22(24,25)26/h4-11,19H,12H2,1-3H3,(H,30,31). The quantitative estimate of drug-likeness (QED) is 0.472. The molecule has 34 heavy (non-hydrogen) atoms. The third-order valence-electron chi connectivity index (χ3n) is 5.42. The largest absolute Gasteiger partial charge is 0.466 e. The molecule has 5 nitrogen and oxygen atoms in total. The first-order valence-corrected chi connectivity index (χ1v) is 10.0. The highest BCUT2D eigenvalue weighted by Gasteiger charge is 2.40. The molecule has 1 atom stereocenters. The number of nitrogens with zero attached hydrogens (tertiary/aromatic N) is 2. The molecule has 11 heteroatoms. The van der Waals surface area contributed by atoms with Gasteiger partial charge in [-0.05, 0) is 36.2 Å². The molecule has 0 bridgehead atoms. The molecule has 182 valence electrons. The van der Waals surface area contributed by atoms with Gasteiger partial charge in [-0.15, -0.1) is 0 Å². The number of aliphatic imine (C=N–C) groups is 1. The summed E-state index contributed by atoms with van der Waals surface area (Å²) in [5, 5.41) is 2.84. The van der Waals surface area contributed by atoms with Gasteiger partial charge < -0.3 is 15.0 Å². The zero-order valence-electron chi connectivity index (χ0n) is 18.4. The van der Waals surface area contributed by atoms with Gasteiger partial charge in [-0.25, -0.2) is 9.79 Å². The van der Waals surface area contributed by atoms with E-state index in [0.717, 1.165) is 25.3 Å². The van der Waals surface area contributed by atoms with Crippen LogP contribution in [-0.2, 0) is 28.4 Å². The van der Waals surface area contributed by atoms with Crippen molar-refractivity contribution in [3.8, 4) is 0 Å². The molecular weight excluding hydrogens is 464 g/mol. The first-order chi connectivity index (χ1) is 15.8. The Morgan fingerprint density at radius 2 is 1.74 bits per heavy atom. The maximum Gasteiger partial charge on any atom is 0.416 e. The number of carbonyl (C=O) groups is 1. The number of guanidine groups is 1. The summed E-state index contributed by atoms with van der Waals surface area (Å²) >= 11 is 0. The average molecular weight is 485 g/mol. The number of hydrogen-bond donors (Lipinski definition) is 1. The van der Waals surface area contributed by atoms with Crippen LogP contribution in [0.3, 0.4) is 0 Å². The highest BCUT2D eigenvalue weighted by atomic mass is 19.4. The number of halogens is 6. The average Bonchev–Trinajstić information content (AvgIpc) is 2.78. The van der Waals surface area contributed by atoms with Gasteiger partial charge in [-0.2, -0.15) is 26.3 Å². The van der Waals surface area contributed by atoms with E-state index in [2.05, 4.69) is 10.3 Å². The number of rotatable bonds is 4. The van der Waals surface area contributed by atoms with Crippen molar-refractivity contribution >= 4 is 11.9 Å². The summed E-state index contributed by atoms with van der Waals surface area (Å²) in [5.74, 6) is -0.736. The summed E-state index contributed by atoms with van der Waals surface area (Å²) in [6.45, 7) is 1.35. The fraction of sp³-hybridized carbons (Fsp3) is 0.304. The van der Waals surface area contributed by atoms with Crippen LogP contribution in [0, 0.1) is 0 Å². The number of esters is 1. The van der Waals surface area contributed by atoms with E-state index in [9.17, 15) is 31.1 Å². The molecule has 0 radical (unpaired) electrons. The van der Waals surface area contributed by atoms with E-state index in [-0.39, 0.29) is 34.9 Å². The second-order valence-corrected chi connectivity index (χ2v) is 7.55. The summed E-state index contributed by atoms with van der Waals surface area (Å²) in [4.78, 5) is 18.2. The molecule has 0 saturated heterocycles. The lowest BCUT2D eigenvalue weighted by molar-refractivity contribution is -0.140. The van der Waals surface area contributed by atoms with Crippen molar-refractivity contribution in [2.75, 3.05) is 14.2 Å². The Labute approximate surface area is 191 Å². The van der Waals surface area contributed by atoms with Crippen LogP contribution in [0.25, 0.3) is 0 Å². The Hall–Kier alpha value is -3.50. The van der Waals surface area contributed by atoms with E-state index in [1.807, 2.05) is 0 Å². The molecular formula is C23H21F6N3O2. The van der Waals surface area contributed by atoms with Crippen LogP contribution in [0.1, 0.15) is 35.2 Å². The van der Waals surface area contributed by atoms with Crippen molar-refractivity contribution in [2.24, 2.45) is 4.99 Å². The molecule has 0 amide bonds. The number of allylic oxidation sites excluding steroid dienone is 1. The van der Waals surface area contributed by atoms with Crippen molar-refractivity contribution in [3.05, 3.63) is 82.1 Å². The second-order valence-electron chi connectivity index (χ2n) is 7.55. The minimum absolute atomic E-state index is 0.0419. The second kappa shape index (κ2) is 9.40. The zero-order chi connectivity index (χ0) is 25.3. The van der Waals surface area contributed by atoms with Gasteiger partial charge in [0.2, 0.25) is 0 Å². The molecule has 0 aliphatic carbocycles.